The van der Waals surface area contributed by atoms with Gasteiger partial charge in [-0.3, -0.25) is 14.4 Å². The molecule has 1 aliphatic heterocycles. The molecule has 1 aliphatic rings. The minimum absolute atomic E-state index is 0.132. The van der Waals surface area contributed by atoms with Crippen LogP contribution in [0.25, 0.3) is 10.9 Å². The molecular formula is C22H22N4O4. The standard InChI is InChI=1S/C22H22N4O4/c1-30-14-6-7-17-16(10-14)13(12-24-17)8-9-23-20(27)11-19-22(29)25-18-5-3-2-4-15(18)21(28)26-19/h2-7,10,12,19,24H,8-9,11H2,1H3,(H,23,27)(H,25,29)(H,26,28)/t19-/m0/s1. The van der Waals surface area contributed by atoms with E-state index in [1.807, 2.05) is 24.4 Å². The number of hydrogen-bond donors (Lipinski definition) is 4. The van der Waals surface area contributed by atoms with Crippen molar-refractivity contribution in [2.45, 2.75) is 18.9 Å². The first-order valence-electron chi connectivity index (χ1n) is 9.66. The highest BCUT2D eigenvalue weighted by molar-refractivity contribution is 6.10. The maximum Gasteiger partial charge on any atom is 0.254 e. The Bertz CT molecular complexity index is 1120. The largest absolute Gasteiger partial charge is 0.497 e. The van der Waals surface area contributed by atoms with Gasteiger partial charge in [-0.1, -0.05) is 12.1 Å². The van der Waals surface area contributed by atoms with Crippen molar-refractivity contribution in [3.8, 4) is 5.75 Å². The Labute approximate surface area is 173 Å². The first kappa shape index (κ1) is 19.5. The number of H-pyrrole nitrogens is 1. The van der Waals surface area contributed by atoms with Gasteiger partial charge in [-0.2, -0.15) is 0 Å². The Morgan fingerprint density at radius 1 is 1.17 bits per heavy atom. The average Bonchev–Trinajstić information content (AvgIpc) is 3.10. The van der Waals surface area contributed by atoms with Crippen LogP contribution in [0.5, 0.6) is 5.75 Å². The van der Waals surface area contributed by atoms with Crippen LogP contribution in [0.3, 0.4) is 0 Å². The lowest BCUT2D eigenvalue weighted by Gasteiger charge is -2.14. The number of benzene rings is 2. The predicted molar refractivity (Wildman–Crippen MR) is 113 cm³/mol. The number of para-hydroxylation sites is 1. The van der Waals surface area contributed by atoms with Crippen LogP contribution >= 0.6 is 0 Å². The molecule has 1 atom stereocenters. The van der Waals surface area contributed by atoms with Crippen LogP contribution in [-0.4, -0.2) is 42.4 Å². The molecule has 0 saturated heterocycles. The molecular weight excluding hydrogens is 384 g/mol. The van der Waals surface area contributed by atoms with Crippen molar-refractivity contribution < 1.29 is 19.1 Å². The Balaban J connectivity index is 1.34. The van der Waals surface area contributed by atoms with Crippen molar-refractivity contribution in [3.63, 3.8) is 0 Å². The van der Waals surface area contributed by atoms with Crippen LogP contribution in [0, 0.1) is 0 Å². The van der Waals surface area contributed by atoms with Gasteiger partial charge in [-0.15, -0.1) is 0 Å². The second-order valence-electron chi connectivity index (χ2n) is 7.09. The summed E-state index contributed by atoms with van der Waals surface area (Å²) in [7, 11) is 1.62. The molecule has 0 bridgehead atoms. The molecule has 4 N–H and O–H groups in total. The van der Waals surface area contributed by atoms with Gasteiger partial charge in [0.2, 0.25) is 11.8 Å². The van der Waals surface area contributed by atoms with E-state index in [9.17, 15) is 14.4 Å². The molecule has 8 nitrogen and oxygen atoms in total. The molecule has 4 rings (SSSR count). The van der Waals surface area contributed by atoms with Crippen molar-refractivity contribution in [2.24, 2.45) is 0 Å². The number of nitrogens with one attached hydrogen (secondary N) is 4. The number of ether oxygens (including phenoxy) is 1. The molecule has 0 spiro atoms. The van der Waals surface area contributed by atoms with Crippen LogP contribution < -0.4 is 20.7 Å². The molecule has 3 aromatic rings. The second-order valence-corrected chi connectivity index (χ2v) is 7.09. The lowest BCUT2D eigenvalue weighted by Crippen LogP contribution is -2.44. The van der Waals surface area contributed by atoms with Gasteiger partial charge in [0.05, 0.1) is 24.8 Å². The second kappa shape index (κ2) is 8.28. The predicted octanol–water partition coefficient (Wildman–Crippen LogP) is 1.98. The van der Waals surface area contributed by atoms with E-state index in [-0.39, 0.29) is 18.2 Å². The molecule has 2 heterocycles. The third-order valence-corrected chi connectivity index (χ3v) is 5.13. The number of amides is 3. The van der Waals surface area contributed by atoms with E-state index in [2.05, 4.69) is 20.9 Å². The van der Waals surface area contributed by atoms with Crippen LogP contribution in [0.2, 0.25) is 0 Å². The summed E-state index contributed by atoms with van der Waals surface area (Å²) in [4.78, 5) is 40.3. The van der Waals surface area contributed by atoms with Gasteiger partial charge < -0.3 is 25.7 Å². The normalized spacial score (nSPS) is 15.7. The Hall–Kier alpha value is -3.81. The molecule has 1 aromatic heterocycles. The van der Waals surface area contributed by atoms with E-state index >= 15 is 0 Å². The van der Waals surface area contributed by atoms with Gasteiger partial charge in [-0.05, 0) is 42.3 Å². The molecule has 0 radical (unpaired) electrons. The summed E-state index contributed by atoms with van der Waals surface area (Å²) in [5.74, 6) is -0.330. The Morgan fingerprint density at radius 2 is 2.00 bits per heavy atom. The number of aromatic nitrogens is 1. The van der Waals surface area contributed by atoms with Crippen molar-refractivity contribution in [3.05, 3.63) is 59.8 Å². The molecule has 8 heteroatoms. The van der Waals surface area contributed by atoms with E-state index < -0.39 is 11.9 Å². The minimum atomic E-state index is -0.928. The van der Waals surface area contributed by atoms with E-state index in [1.165, 1.54) is 0 Å². The van der Waals surface area contributed by atoms with Crippen molar-refractivity contribution >= 4 is 34.3 Å². The number of anilines is 1. The van der Waals surface area contributed by atoms with Crippen molar-refractivity contribution in [1.82, 2.24) is 15.6 Å². The quantitative estimate of drug-likeness (QED) is 0.501. The van der Waals surface area contributed by atoms with Crippen molar-refractivity contribution in [1.29, 1.82) is 0 Å². The summed E-state index contributed by atoms with van der Waals surface area (Å²) >= 11 is 0. The minimum Gasteiger partial charge on any atom is -0.497 e. The van der Waals surface area contributed by atoms with Crippen molar-refractivity contribution in [2.75, 3.05) is 19.0 Å². The van der Waals surface area contributed by atoms with Crippen LogP contribution in [0.1, 0.15) is 22.3 Å². The van der Waals surface area contributed by atoms with Crippen LogP contribution in [0.15, 0.2) is 48.7 Å². The van der Waals surface area contributed by atoms with E-state index in [1.54, 1.807) is 31.4 Å². The molecule has 2 aromatic carbocycles. The molecule has 30 heavy (non-hydrogen) atoms. The average molecular weight is 406 g/mol. The highest BCUT2D eigenvalue weighted by Crippen LogP contribution is 2.24. The van der Waals surface area contributed by atoms with E-state index in [4.69, 9.17) is 4.74 Å². The number of methoxy groups -OCH3 is 1. The lowest BCUT2D eigenvalue weighted by atomic mass is 10.1. The van der Waals surface area contributed by atoms with Gasteiger partial charge >= 0.3 is 0 Å². The highest BCUT2D eigenvalue weighted by Gasteiger charge is 2.29. The molecule has 0 aliphatic carbocycles. The summed E-state index contributed by atoms with van der Waals surface area (Å²) in [6.45, 7) is 0.408. The summed E-state index contributed by atoms with van der Waals surface area (Å²) in [5.41, 5.74) is 2.87. The number of carbonyl (C=O) groups excluding carboxylic acids is 3. The van der Waals surface area contributed by atoms with Gasteiger partial charge in [-0.25, -0.2) is 0 Å². The van der Waals surface area contributed by atoms with Gasteiger partial charge in [0, 0.05) is 23.6 Å². The first-order chi connectivity index (χ1) is 14.5. The lowest BCUT2D eigenvalue weighted by molar-refractivity contribution is -0.125. The third-order valence-electron chi connectivity index (χ3n) is 5.13. The first-order valence-corrected chi connectivity index (χ1v) is 9.66. The molecule has 154 valence electrons. The highest BCUT2D eigenvalue weighted by atomic mass is 16.5. The van der Waals surface area contributed by atoms with Crippen LogP contribution in [-0.2, 0) is 16.0 Å². The molecule has 3 amide bonds. The fourth-order valence-corrected chi connectivity index (χ4v) is 3.54. The summed E-state index contributed by atoms with van der Waals surface area (Å²) in [5, 5.41) is 9.19. The number of rotatable bonds is 6. The molecule has 0 unspecified atom stereocenters. The zero-order valence-electron chi connectivity index (χ0n) is 16.5. The van der Waals surface area contributed by atoms with E-state index in [0.29, 0.717) is 24.2 Å². The zero-order valence-corrected chi connectivity index (χ0v) is 16.5. The maximum atomic E-state index is 12.4. The fraction of sp³-hybridized carbons (Fsp3) is 0.227. The third kappa shape index (κ3) is 3.98. The SMILES string of the molecule is COc1ccc2[nH]cc(CCNC(=O)C[C@@H]3NC(=O)c4ccccc4NC3=O)c2c1. The molecule has 0 saturated carbocycles. The van der Waals surface area contributed by atoms with Crippen LogP contribution in [0.4, 0.5) is 5.69 Å². The van der Waals surface area contributed by atoms with E-state index in [0.717, 1.165) is 22.2 Å². The summed E-state index contributed by atoms with van der Waals surface area (Å²) in [6, 6.07) is 11.6. The smallest absolute Gasteiger partial charge is 0.254 e. The number of hydrogen-bond acceptors (Lipinski definition) is 4. The fourth-order valence-electron chi connectivity index (χ4n) is 3.54. The van der Waals surface area contributed by atoms with Gasteiger partial charge in [0.1, 0.15) is 11.8 Å². The zero-order chi connectivity index (χ0) is 21.1. The Kier molecular flexibility index (Phi) is 5.38. The Morgan fingerprint density at radius 3 is 2.83 bits per heavy atom. The number of aromatic amines is 1. The topological polar surface area (TPSA) is 112 Å². The monoisotopic (exact) mass is 406 g/mol. The van der Waals surface area contributed by atoms with Gasteiger partial charge in [0.15, 0.2) is 0 Å². The number of carbonyl (C=O) groups is 3. The molecule has 0 fully saturated rings. The summed E-state index contributed by atoms with van der Waals surface area (Å²) in [6.07, 6.45) is 2.40. The summed E-state index contributed by atoms with van der Waals surface area (Å²) < 4.78 is 5.27. The maximum absolute atomic E-state index is 12.4. The van der Waals surface area contributed by atoms with Gasteiger partial charge in [0.25, 0.3) is 5.91 Å². The number of fused-ring (bicyclic) bond motifs is 2.